The van der Waals surface area contributed by atoms with Gasteiger partial charge in [-0.05, 0) is 54.5 Å². The smallest absolute Gasteiger partial charge is 0.130 e. The van der Waals surface area contributed by atoms with Gasteiger partial charge in [0.05, 0.1) is 0 Å². The molecule has 0 amide bonds. The van der Waals surface area contributed by atoms with E-state index in [-0.39, 0.29) is 7.92 Å². The summed E-state index contributed by atoms with van der Waals surface area (Å²) in [6.45, 7) is 9.64. The molecule has 1 nitrogen and oxygen atoms in total. The number of rotatable bonds is 6. The Morgan fingerprint density at radius 2 is 1.50 bits per heavy atom. The molecule has 3 rings (SSSR count). The van der Waals surface area contributed by atoms with E-state index < -0.39 is 0 Å². The fraction of sp³-hybridized carbons (Fsp3) is 0.217. The third-order valence-electron chi connectivity index (χ3n) is 4.43. The van der Waals surface area contributed by atoms with Crippen molar-refractivity contribution in [2.24, 2.45) is 0 Å². The van der Waals surface area contributed by atoms with Crippen LogP contribution in [0.5, 0.6) is 5.75 Å². The van der Waals surface area contributed by atoms with Gasteiger partial charge in [-0.15, -0.1) is 0 Å². The van der Waals surface area contributed by atoms with Crippen molar-refractivity contribution in [1.29, 1.82) is 0 Å². The minimum atomic E-state index is -0.124. The lowest BCUT2D eigenvalue weighted by Gasteiger charge is -2.19. The Hall–Kier alpha value is -1.68. The molecule has 0 fully saturated rings. The van der Waals surface area contributed by atoms with Gasteiger partial charge >= 0.3 is 0 Å². The van der Waals surface area contributed by atoms with Crippen LogP contribution < -0.4 is 20.7 Å². The monoisotopic (exact) mass is 380 g/mol. The lowest BCUT2D eigenvalue weighted by molar-refractivity contribution is 0.307. The molecule has 3 heteroatoms. The summed E-state index contributed by atoms with van der Waals surface area (Å²) in [6, 6.07) is 23.6. The van der Waals surface area contributed by atoms with Crippen LogP contribution in [0.4, 0.5) is 0 Å². The van der Waals surface area contributed by atoms with Gasteiger partial charge < -0.3 is 4.74 Å². The van der Waals surface area contributed by atoms with Crippen molar-refractivity contribution in [2.45, 2.75) is 20.5 Å². The maximum absolute atomic E-state index is 6.28. The summed E-state index contributed by atoms with van der Waals surface area (Å²) in [7, 11) is 0.497. The SMILES string of the molecule is Cc1cccc(Pc2c(C)cccc2P(C)C)c1OCc1ccccc1. The molecule has 0 aliphatic heterocycles. The molecule has 3 aromatic carbocycles. The minimum Gasteiger partial charge on any atom is -0.488 e. The molecule has 0 heterocycles. The zero-order valence-electron chi connectivity index (χ0n) is 15.9. The summed E-state index contributed by atoms with van der Waals surface area (Å²) in [5.74, 6) is 1.04. The Morgan fingerprint density at radius 3 is 2.23 bits per heavy atom. The minimum absolute atomic E-state index is 0.124. The lowest BCUT2D eigenvalue weighted by atomic mass is 10.2. The lowest BCUT2D eigenvalue weighted by Crippen LogP contribution is -2.24. The highest BCUT2D eigenvalue weighted by molar-refractivity contribution is 7.67. The Bertz CT molecular complexity index is 873. The summed E-state index contributed by atoms with van der Waals surface area (Å²) >= 11 is 0. The van der Waals surface area contributed by atoms with E-state index in [1.54, 1.807) is 0 Å². The van der Waals surface area contributed by atoms with Crippen LogP contribution in [0.15, 0.2) is 66.7 Å². The van der Waals surface area contributed by atoms with E-state index in [1.165, 1.54) is 32.6 Å². The van der Waals surface area contributed by atoms with Gasteiger partial charge in [0.2, 0.25) is 0 Å². The fourth-order valence-corrected chi connectivity index (χ4v) is 6.16. The zero-order valence-corrected chi connectivity index (χ0v) is 17.8. The molecule has 0 spiro atoms. The molecule has 26 heavy (non-hydrogen) atoms. The molecule has 0 aromatic heterocycles. The zero-order chi connectivity index (χ0) is 18.5. The Balaban J connectivity index is 1.91. The molecule has 3 aromatic rings. The van der Waals surface area contributed by atoms with Crippen molar-refractivity contribution in [3.05, 3.63) is 83.4 Å². The van der Waals surface area contributed by atoms with Gasteiger partial charge in [0.25, 0.3) is 0 Å². The van der Waals surface area contributed by atoms with Crippen molar-refractivity contribution >= 4 is 32.4 Å². The first-order valence-electron chi connectivity index (χ1n) is 8.86. The molecule has 0 bridgehead atoms. The average molecular weight is 380 g/mol. The maximum Gasteiger partial charge on any atom is 0.130 e. The molecule has 0 aliphatic rings. The van der Waals surface area contributed by atoms with Gasteiger partial charge in [-0.25, -0.2) is 0 Å². The number of hydrogen-bond donors (Lipinski definition) is 0. The van der Waals surface area contributed by atoms with Crippen molar-refractivity contribution < 1.29 is 4.74 Å². The Kier molecular flexibility index (Phi) is 6.47. The number of para-hydroxylation sites is 1. The maximum atomic E-state index is 6.28. The van der Waals surface area contributed by atoms with Crippen LogP contribution in [-0.4, -0.2) is 13.3 Å². The van der Waals surface area contributed by atoms with Gasteiger partial charge in [0.1, 0.15) is 12.4 Å². The Labute approximate surface area is 160 Å². The third kappa shape index (κ3) is 4.53. The van der Waals surface area contributed by atoms with Crippen molar-refractivity contribution in [1.82, 2.24) is 0 Å². The van der Waals surface area contributed by atoms with Gasteiger partial charge in [0.15, 0.2) is 0 Å². The van der Waals surface area contributed by atoms with Crippen LogP contribution in [0.25, 0.3) is 0 Å². The van der Waals surface area contributed by atoms with Crippen molar-refractivity contribution in [2.75, 3.05) is 13.3 Å². The van der Waals surface area contributed by atoms with E-state index in [0.29, 0.717) is 15.2 Å². The third-order valence-corrected chi connectivity index (χ3v) is 7.55. The first-order valence-corrected chi connectivity index (χ1v) is 12.1. The Morgan fingerprint density at radius 1 is 0.808 bits per heavy atom. The number of aryl methyl sites for hydroxylation is 2. The van der Waals surface area contributed by atoms with Crippen LogP contribution in [0, 0.1) is 13.8 Å². The van der Waals surface area contributed by atoms with E-state index in [1.807, 2.05) is 6.07 Å². The number of hydrogen-bond acceptors (Lipinski definition) is 1. The summed E-state index contributed by atoms with van der Waals surface area (Å²) in [4.78, 5) is 0. The summed E-state index contributed by atoms with van der Waals surface area (Å²) < 4.78 is 6.28. The average Bonchev–Trinajstić information content (AvgIpc) is 2.63. The molecule has 0 radical (unpaired) electrons. The van der Waals surface area contributed by atoms with E-state index in [4.69, 9.17) is 4.74 Å². The second-order valence-corrected chi connectivity index (χ2v) is 10.3. The quantitative estimate of drug-likeness (QED) is 0.554. The topological polar surface area (TPSA) is 9.23 Å². The second kappa shape index (κ2) is 8.81. The highest BCUT2D eigenvalue weighted by Gasteiger charge is 2.14. The molecule has 0 saturated carbocycles. The second-order valence-electron chi connectivity index (χ2n) is 6.71. The van der Waals surface area contributed by atoms with E-state index in [9.17, 15) is 0 Å². The molecular formula is C23H26OP2. The normalized spacial score (nSPS) is 11.4. The molecule has 0 N–H and O–H groups in total. The predicted octanol–water partition coefficient (Wildman–Crippen LogP) is 4.88. The molecule has 134 valence electrons. The van der Waals surface area contributed by atoms with Gasteiger partial charge in [-0.3, -0.25) is 0 Å². The highest BCUT2D eigenvalue weighted by atomic mass is 31.1. The largest absolute Gasteiger partial charge is 0.488 e. The van der Waals surface area contributed by atoms with Crippen LogP contribution >= 0.6 is 16.5 Å². The van der Waals surface area contributed by atoms with Crippen molar-refractivity contribution in [3.63, 3.8) is 0 Å². The molecular weight excluding hydrogens is 354 g/mol. The van der Waals surface area contributed by atoms with Crippen LogP contribution in [0.2, 0.25) is 0 Å². The number of benzene rings is 3. The molecule has 0 aliphatic carbocycles. The van der Waals surface area contributed by atoms with Crippen molar-refractivity contribution in [3.8, 4) is 5.75 Å². The molecule has 1 atom stereocenters. The first-order chi connectivity index (χ1) is 12.6. The molecule has 0 saturated heterocycles. The van der Waals surface area contributed by atoms with E-state index in [0.717, 1.165) is 5.75 Å². The van der Waals surface area contributed by atoms with Gasteiger partial charge in [0, 0.05) is 5.30 Å². The predicted molar refractivity (Wildman–Crippen MR) is 119 cm³/mol. The summed E-state index contributed by atoms with van der Waals surface area (Å²) in [6.07, 6.45) is 0. The van der Waals surface area contributed by atoms with Gasteiger partial charge in [-0.2, -0.15) is 0 Å². The van der Waals surface area contributed by atoms with Crippen LogP contribution in [-0.2, 0) is 6.61 Å². The van der Waals surface area contributed by atoms with Crippen LogP contribution in [0.3, 0.4) is 0 Å². The number of ether oxygens (including phenoxy) is 1. The van der Waals surface area contributed by atoms with E-state index in [2.05, 4.69) is 87.8 Å². The standard InChI is InChI=1S/C23H26OP2/c1-17-10-8-14-20(22(17)24-16-19-12-6-5-7-13-19)25-23-18(2)11-9-15-21(23)26(3)4/h5-15,25H,16H2,1-4H3. The summed E-state index contributed by atoms with van der Waals surface area (Å²) in [5.41, 5.74) is 3.79. The first kappa shape index (κ1) is 19.1. The highest BCUT2D eigenvalue weighted by Crippen LogP contribution is 2.29. The van der Waals surface area contributed by atoms with Gasteiger partial charge in [-0.1, -0.05) is 83.2 Å². The summed E-state index contributed by atoms with van der Waals surface area (Å²) in [5, 5.41) is 4.29. The van der Waals surface area contributed by atoms with Crippen LogP contribution in [0.1, 0.15) is 16.7 Å². The fourth-order valence-electron chi connectivity index (χ4n) is 2.99. The molecule has 1 unspecified atom stereocenters. The van der Waals surface area contributed by atoms with E-state index >= 15 is 0 Å².